The van der Waals surface area contributed by atoms with Crippen LogP contribution in [0, 0.1) is 38.5 Å². The van der Waals surface area contributed by atoms with E-state index in [1.807, 2.05) is 107 Å². The van der Waals surface area contributed by atoms with E-state index in [0.29, 0.717) is 23.3 Å². The molecule has 7 nitrogen and oxygen atoms in total. The van der Waals surface area contributed by atoms with E-state index in [4.69, 9.17) is 14.2 Å². The van der Waals surface area contributed by atoms with Crippen molar-refractivity contribution in [3.63, 3.8) is 0 Å². The Bertz CT molecular complexity index is 1370. The molecule has 0 heterocycles. The van der Waals surface area contributed by atoms with Gasteiger partial charge in [0.1, 0.15) is 22.7 Å². The van der Waals surface area contributed by atoms with E-state index < -0.39 is 0 Å². The normalized spacial score (nSPS) is 12.7. The molecule has 0 bridgehead atoms. The van der Waals surface area contributed by atoms with Crippen molar-refractivity contribution in [1.82, 2.24) is 0 Å². The van der Waals surface area contributed by atoms with Crippen molar-refractivity contribution < 1.29 is 33.7 Å². The molecule has 2 unspecified atom stereocenters. The maximum Gasteiger partial charge on any atom is 0.312 e. The molecule has 0 radical (unpaired) electrons. The first-order valence-corrected chi connectivity index (χ1v) is 19.5. The molecular formula is C46H78O7. The van der Waals surface area contributed by atoms with E-state index in [0.717, 1.165) is 25.7 Å². The number of phenols is 1. The number of phenolic OH excluding ortho intramolecular Hbond substituents is 1. The second-order valence-electron chi connectivity index (χ2n) is 17.7. The lowest BCUT2D eigenvalue weighted by Crippen LogP contribution is -2.33. The van der Waals surface area contributed by atoms with Crippen molar-refractivity contribution in [3.8, 4) is 11.5 Å². The summed E-state index contributed by atoms with van der Waals surface area (Å²) in [6.07, 6.45) is 3.88. The summed E-state index contributed by atoms with van der Waals surface area (Å²) < 4.78 is 15.6. The molecule has 0 aromatic heterocycles. The molecule has 0 aliphatic heterocycles. The van der Waals surface area contributed by atoms with Crippen molar-refractivity contribution in [2.24, 2.45) is 10.8 Å². The highest BCUT2D eigenvalue weighted by Gasteiger charge is 2.31. The minimum absolute atomic E-state index is 0.113. The van der Waals surface area contributed by atoms with E-state index in [1.54, 1.807) is 0 Å². The minimum atomic E-state index is -0.372. The minimum Gasteiger partial charge on any atom is -0.508 e. The molecule has 2 aromatic rings. The molecule has 0 spiro atoms. The number of hydrogen-bond acceptors (Lipinski definition) is 7. The quantitative estimate of drug-likeness (QED) is 0.202. The zero-order chi connectivity index (χ0) is 42.3. The lowest BCUT2D eigenvalue weighted by atomic mass is 9.90. The molecule has 53 heavy (non-hydrogen) atoms. The van der Waals surface area contributed by atoms with Gasteiger partial charge in [0.05, 0.1) is 10.8 Å². The molecule has 0 aliphatic carbocycles. The van der Waals surface area contributed by atoms with Crippen LogP contribution in [0.25, 0.3) is 0 Å². The van der Waals surface area contributed by atoms with E-state index in [9.17, 15) is 19.5 Å². The van der Waals surface area contributed by atoms with E-state index in [2.05, 4.69) is 55.4 Å². The Hall–Kier alpha value is -3.35. The van der Waals surface area contributed by atoms with Gasteiger partial charge in [-0.2, -0.15) is 0 Å². The van der Waals surface area contributed by atoms with Crippen molar-refractivity contribution in [2.45, 2.75) is 194 Å². The van der Waals surface area contributed by atoms with Gasteiger partial charge in [0, 0.05) is 6.92 Å². The van der Waals surface area contributed by atoms with Gasteiger partial charge in [-0.05, 0) is 192 Å². The summed E-state index contributed by atoms with van der Waals surface area (Å²) in [5.41, 5.74) is 6.11. The summed E-state index contributed by atoms with van der Waals surface area (Å²) >= 11 is 0. The third kappa shape index (κ3) is 20.1. The fourth-order valence-electron chi connectivity index (χ4n) is 5.20. The van der Waals surface area contributed by atoms with Gasteiger partial charge in [0.15, 0.2) is 0 Å². The van der Waals surface area contributed by atoms with Crippen LogP contribution in [0.15, 0.2) is 24.3 Å². The van der Waals surface area contributed by atoms with Crippen LogP contribution in [0.2, 0.25) is 0 Å². The summed E-state index contributed by atoms with van der Waals surface area (Å²) in [5, 5.41) is 9.37. The molecule has 304 valence electrons. The molecule has 2 atom stereocenters. The second-order valence-corrected chi connectivity index (χ2v) is 17.7. The third-order valence-electron chi connectivity index (χ3n) is 9.29. The lowest BCUT2D eigenvalue weighted by Gasteiger charge is -2.27. The Balaban J connectivity index is 0. The first-order chi connectivity index (χ1) is 23.9. The standard InChI is InChI=1S/C14H20O2.C12H18O.2C10H20O2/c1-6-9(2)14-10(3)7-13(8-11(14)4)16-12(5)15;1-5-8(2)12-9(3)6-11(13)7-10(12)4;2*1-7-10(5,6)8(11)12-9(2,3)4/h7-9H,6H2,1-5H3;6-8,13H,5H2,1-4H3;2*7H2,1-6H3. The van der Waals surface area contributed by atoms with Gasteiger partial charge in [0.2, 0.25) is 0 Å². The van der Waals surface area contributed by atoms with Crippen molar-refractivity contribution in [1.29, 1.82) is 0 Å². The second kappa shape index (κ2) is 22.1. The topological polar surface area (TPSA) is 99.1 Å². The molecule has 0 saturated carbocycles. The zero-order valence-electron chi connectivity index (χ0n) is 37.7. The maximum absolute atomic E-state index is 11.5. The van der Waals surface area contributed by atoms with Crippen molar-refractivity contribution in [3.05, 3.63) is 57.6 Å². The van der Waals surface area contributed by atoms with Crippen LogP contribution in [0.5, 0.6) is 11.5 Å². The van der Waals surface area contributed by atoms with Crippen LogP contribution in [-0.2, 0) is 23.9 Å². The first-order valence-electron chi connectivity index (χ1n) is 19.5. The van der Waals surface area contributed by atoms with Gasteiger partial charge in [0.25, 0.3) is 0 Å². The number of aryl methyl sites for hydroxylation is 4. The Kier molecular flexibility index (Phi) is 21.6. The van der Waals surface area contributed by atoms with Crippen LogP contribution < -0.4 is 4.74 Å². The number of carbonyl (C=O) groups excluding carboxylic acids is 3. The first kappa shape index (κ1) is 51.8. The van der Waals surface area contributed by atoms with Gasteiger partial charge >= 0.3 is 17.9 Å². The van der Waals surface area contributed by atoms with Crippen molar-refractivity contribution in [2.75, 3.05) is 0 Å². The van der Waals surface area contributed by atoms with Gasteiger partial charge in [-0.15, -0.1) is 0 Å². The molecule has 2 aromatic carbocycles. The highest BCUT2D eigenvalue weighted by Crippen LogP contribution is 2.31. The number of esters is 3. The van der Waals surface area contributed by atoms with Gasteiger partial charge < -0.3 is 19.3 Å². The SMILES string of the molecule is CCC(C)(C)C(=O)OC(C)(C)C.CCC(C)(C)C(=O)OC(C)(C)C.CCC(C)c1c(C)cc(O)cc1C.CCC(C)c1c(C)cc(OC(C)=O)cc1C. The number of rotatable bonds is 9. The van der Waals surface area contributed by atoms with Crippen LogP contribution in [0.1, 0.15) is 189 Å². The fourth-order valence-corrected chi connectivity index (χ4v) is 5.20. The summed E-state index contributed by atoms with van der Waals surface area (Å²) in [5.74, 6) is 1.66. The molecule has 1 N–H and O–H groups in total. The number of aromatic hydroxyl groups is 1. The summed E-state index contributed by atoms with van der Waals surface area (Å²) in [6, 6.07) is 7.56. The number of carbonyl (C=O) groups is 3. The lowest BCUT2D eigenvalue weighted by molar-refractivity contribution is -0.166. The maximum atomic E-state index is 11.5. The molecule has 0 aliphatic rings. The largest absolute Gasteiger partial charge is 0.508 e. The van der Waals surface area contributed by atoms with Crippen LogP contribution in [0.3, 0.4) is 0 Å². The Morgan fingerprint density at radius 3 is 1.09 bits per heavy atom. The van der Waals surface area contributed by atoms with Gasteiger partial charge in [-0.1, -0.05) is 41.5 Å². The predicted octanol–water partition coefficient (Wildman–Crippen LogP) is 12.8. The van der Waals surface area contributed by atoms with Gasteiger partial charge in [-0.3, -0.25) is 14.4 Å². The van der Waals surface area contributed by atoms with Crippen LogP contribution in [-0.4, -0.2) is 34.2 Å². The van der Waals surface area contributed by atoms with Crippen molar-refractivity contribution >= 4 is 17.9 Å². The molecule has 2 rings (SSSR count). The van der Waals surface area contributed by atoms with Gasteiger partial charge in [-0.25, -0.2) is 0 Å². The highest BCUT2D eigenvalue weighted by atomic mass is 16.6. The summed E-state index contributed by atoms with van der Waals surface area (Å²) in [4.78, 5) is 33.9. The summed E-state index contributed by atoms with van der Waals surface area (Å²) in [7, 11) is 0. The predicted molar refractivity (Wildman–Crippen MR) is 222 cm³/mol. The monoisotopic (exact) mass is 743 g/mol. The number of benzene rings is 2. The average molecular weight is 743 g/mol. The number of ether oxygens (including phenoxy) is 3. The average Bonchev–Trinajstić information content (AvgIpc) is 2.98. The third-order valence-corrected chi connectivity index (χ3v) is 9.29. The zero-order valence-corrected chi connectivity index (χ0v) is 37.7. The Morgan fingerprint density at radius 1 is 0.585 bits per heavy atom. The molecule has 0 fully saturated rings. The smallest absolute Gasteiger partial charge is 0.312 e. The van der Waals surface area contributed by atoms with Crippen LogP contribution >= 0.6 is 0 Å². The Morgan fingerprint density at radius 2 is 0.868 bits per heavy atom. The number of hydrogen-bond donors (Lipinski definition) is 1. The van der Waals surface area contributed by atoms with E-state index in [-0.39, 0.29) is 39.9 Å². The molecule has 0 saturated heterocycles. The van der Waals surface area contributed by atoms with Crippen LogP contribution in [0.4, 0.5) is 0 Å². The summed E-state index contributed by atoms with van der Waals surface area (Å²) in [6.45, 7) is 41.4. The Labute approximate surface area is 325 Å². The highest BCUT2D eigenvalue weighted by molar-refractivity contribution is 5.76. The molecule has 7 heteroatoms. The molecular weight excluding hydrogens is 664 g/mol. The van der Waals surface area contributed by atoms with E-state index >= 15 is 0 Å². The molecule has 0 amide bonds. The fraction of sp³-hybridized carbons (Fsp3) is 0.674. The van der Waals surface area contributed by atoms with E-state index in [1.165, 1.54) is 40.3 Å².